The first-order valence-corrected chi connectivity index (χ1v) is 7.12. The van der Waals surface area contributed by atoms with Gasteiger partial charge in [-0.15, -0.1) is 11.8 Å². The van der Waals surface area contributed by atoms with Crippen LogP contribution in [-0.4, -0.2) is 5.97 Å². The van der Waals surface area contributed by atoms with Crippen molar-refractivity contribution < 1.29 is 9.53 Å². The minimum atomic E-state index is -0.247. The van der Waals surface area contributed by atoms with Crippen molar-refractivity contribution >= 4 is 17.7 Å². The summed E-state index contributed by atoms with van der Waals surface area (Å²) in [7, 11) is 0. The van der Waals surface area contributed by atoms with Gasteiger partial charge in [-0.1, -0.05) is 48.5 Å². The molecule has 2 rings (SSSR count). The first-order chi connectivity index (χ1) is 9.25. The van der Waals surface area contributed by atoms with E-state index in [0.717, 1.165) is 16.2 Å². The molecule has 3 heteroatoms. The molecular formula is C16H16O2S. The molecule has 0 amide bonds. The van der Waals surface area contributed by atoms with Crippen LogP contribution in [-0.2, 0) is 21.9 Å². The summed E-state index contributed by atoms with van der Waals surface area (Å²) in [6.45, 7) is 1.77. The largest absolute Gasteiger partial charge is 0.461 e. The number of rotatable bonds is 5. The molecule has 0 saturated carbocycles. The molecule has 2 aromatic carbocycles. The van der Waals surface area contributed by atoms with Gasteiger partial charge in [-0.3, -0.25) is 4.79 Å². The number of carbonyl (C=O) groups is 1. The third-order valence-electron chi connectivity index (χ3n) is 2.64. The molecule has 19 heavy (non-hydrogen) atoms. The molecule has 0 fully saturated rings. The normalized spacial score (nSPS) is 10.2. The summed E-state index contributed by atoms with van der Waals surface area (Å²) < 4.78 is 5.07. The SMILES string of the molecule is CC(=O)OCc1ccccc1SCc1ccccc1. The average molecular weight is 272 g/mol. The number of carbonyl (C=O) groups excluding carboxylic acids is 1. The van der Waals surface area contributed by atoms with Gasteiger partial charge in [0.15, 0.2) is 0 Å². The highest BCUT2D eigenvalue weighted by Gasteiger charge is 2.04. The van der Waals surface area contributed by atoms with Crippen LogP contribution in [0.2, 0.25) is 0 Å². The van der Waals surface area contributed by atoms with Gasteiger partial charge in [-0.05, 0) is 11.6 Å². The molecule has 0 aliphatic carbocycles. The van der Waals surface area contributed by atoms with Gasteiger partial charge in [0, 0.05) is 23.1 Å². The Morgan fingerprint density at radius 2 is 1.74 bits per heavy atom. The van der Waals surface area contributed by atoms with E-state index in [1.807, 2.05) is 36.4 Å². The van der Waals surface area contributed by atoms with Crippen molar-refractivity contribution in [3.63, 3.8) is 0 Å². The van der Waals surface area contributed by atoms with Crippen LogP contribution in [0.5, 0.6) is 0 Å². The molecule has 2 aromatic rings. The number of esters is 1. The molecule has 0 bridgehead atoms. The van der Waals surface area contributed by atoms with Crippen LogP contribution >= 0.6 is 11.8 Å². The van der Waals surface area contributed by atoms with E-state index in [1.54, 1.807) is 11.8 Å². The molecule has 0 heterocycles. The third kappa shape index (κ3) is 4.45. The van der Waals surface area contributed by atoms with Gasteiger partial charge in [0.1, 0.15) is 6.61 Å². The molecule has 98 valence electrons. The Labute approximate surface area is 117 Å². The zero-order chi connectivity index (χ0) is 13.5. The number of benzene rings is 2. The second-order valence-corrected chi connectivity index (χ2v) is 5.18. The Hall–Kier alpha value is -1.74. The van der Waals surface area contributed by atoms with Crippen molar-refractivity contribution in [2.45, 2.75) is 24.2 Å². The Morgan fingerprint density at radius 1 is 1.05 bits per heavy atom. The number of ether oxygens (including phenoxy) is 1. The van der Waals surface area contributed by atoms with Crippen LogP contribution in [0.3, 0.4) is 0 Å². The fourth-order valence-corrected chi connectivity index (χ4v) is 2.68. The smallest absolute Gasteiger partial charge is 0.302 e. The highest BCUT2D eigenvalue weighted by atomic mass is 32.2. The van der Waals surface area contributed by atoms with Crippen molar-refractivity contribution in [2.24, 2.45) is 0 Å². The fourth-order valence-electron chi connectivity index (χ4n) is 1.68. The number of thioether (sulfide) groups is 1. The highest BCUT2D eigenvalue weighted by Crippen LogP contribution is 2.26. The van der Waals surface area contributed by atoms with E-state index in [4.69, 9.17) is 4.74 Å². The van der Waals surface area contributed by atoms with Crippen LogP contribution in [0.1, 0.15) is 18.1 Å². The maximum atomic E-state index is 10.9. The van der Waals surface area contributed by atoms with Crippen LogP contribution in [0.15, 0.2) is 59.5 Å². The highest BCUT2D eigenvalue weighted by molar-refractivity contribution is 7.98. The molecule has 0 spiro atoms. The summed E-state index contributed by atoms with van der Waals surface area (Å²) in [5.74, 6) is 0.667. The number of hydrogen-bond acceptors (Lipinski definition) is 3. The molecule has 0 saturated heterocycles. The molecule has 2 nitrogen and oxygen atoms in total. The summed E-state index contributed by atoms with van der Waals surface area (Å²) in [6.07, 6.45) is 0. The van der Waals surface area contributed by atoms with Crippen LogP contribution < -0.4 is 0 Å². The van der Waals surface area contributed by atoms with Gasteiger partial charge in [0.25, 0.3) is 0 Å². The number of hydrogen-bond donors (Lipinski definition) is 0. The molecule has 0 aromatic heterocycles. The first-order valence-electron chi connectivity index (χ1n) is 6.13. The van der Waals surface area contributed by atoms with Gasteiger partial charge >= 0.3 is 5.97 Å². The molecule has 0 N–H and O–H groups in total. The van der Waals surface area contributed by atoms with Crippen molar-refractivity contribution in [3.8, 4) is 0 Å². The van der Waals surface area contributed by atoms with E-state index >= 15 is 0 Å². The quantitative estimate of drug-likeness (QED) is 0.607. The maximum Gasteiger partial charge on any atom is 0.302 e. The van der Waals surface area contributed by atoms with Crippen molar-refractivity contribution in [3.05, 3.63) is 65.7 Å². The molecular weight excluding hydrogens is 256 g/mol. The molecule has 0 aliphatic rings. The van der Waals surface area contributed by atoms with Gasteiger partial charge < -0.3 is 4.74 Å². The lowest BCUT2D eigenvalue weighted by Crippen LogP contribution is -1.99. The second kappa shape index (κ2) is 7.00. The zero-order valence-electron chi connectivity index (χ0n) is 10.8. The predicted molar refractivity (Wildman–Crippen MR) is 77.9 cm³/mol. The lowest BCUT2D eigenvalue weighted by molar-refractivity contribution is -0.142. The van der Waals surface area contributed by atoms with Gasteiger partial charge in [0.2, 0.25) is 0 Å². The zero-order valence-corrected chi connectivity index (χ0v) is 11.7. The standard InChI is InChI=1S/C16H16O2S/c1-13(17)18-11-15-9-5-6-10-16(15)19-12-14-7-3-2-4-8-14/h2-10H,11-12H2,1H3. The van der Waals surface area contributed by atoms with E-state index in [2.05, 4.69) is 18.2 Å². The molecule has 0 radical (unpaired) electrons. The second-order valence-electron chi connectivity index (χ2n) is 4.16. The van der Waals surface area contributed by atoms with E-state index < -0.39 is 0 Å². The van der Waals surface area contributed by atoms with E-state index in [0.29, 0.717) is 6.61 Å². The molecule has 0 atom stereocenters. The fraction of sp³-hybridized carbons (Fsp3) is 0.188. The minimum absolute atomic E-state index is 0.247. The monoisotopic (exact) mass is 272 g/mol. The van der Waals surface area contributed by atoms with Crippen LogP contribution in [0.4, 0.5) is 0 Å². The Kier molecular flexibility index (Phi) is 5.04. The lowest BCUT2D eigenvalue weighted by atomic mass is 10.2. The van der Waals surface area contributed by atoms with E-state index in [9.17, 15) is 4.79 Å². The summed E-state index contributed by atoms with van der Waals surface area (Å²) in [6, 6.07) is 18.4. The summed E-state index contributed by atoms with van der Waals surface area (Å²) in [5.41, 5.74) is 2.34. The lowest BCUT2D eigenvalue weighted by Gasteiger charge is -2.09. The van der Waals surface area contributed by atoms with Crippen LogP contribution in [0, 0.1) is 0 Å². The van der Waals surface area contributed by atoms with Crippen LogP contribution in [0.25, 0.3) is 0 Å². The Balaban J connectivity index is 2.01. The van der Waals surface area contributed by atoms with Crippen molar-refractivity contribution in [1.29, 1.82) is 0 Å². The van der Waals surface area contributed by atoms with Crippen molar-refractivity contribution in [2.75, 3.05) is 0 Å². The van der Waals surface area contributed by atoms with E-state index in [1.165, 1.54) is 12.5 Å². The summed E-state index contributed by atoms with van der Waals surface area (Å²) in [4.78, 5) is 12.0. The Bertz CT molecular complexity index is 537. The topological polar surface area (TPSA) is 26.3 Å². The Morgan fingerprint density at radius 3 is 2.47 bits per heavy atom. The minimum Gasteiger partial charge on any atom is -0.461 e. The van der Waals surface area contributed by atoms with Gasteiger partial charge in [-0.25, -0.2) is 0 Å². The third-order valence-corrected chi connectivity index (χ3v) is 3.83. The van der Waals surface area contributed by atoms with Gasteiger partial charge in [0.05, 0.1) is 0 Å². The summed E-state index contributed by atoms with van der Waals surface area (Å²) in [5, 5.41) is 0. The van der Waals surface area contributed by atoms with Crippen molar-refractivity contribution in [1.82, 2.24) is 0 Å². The predicted octanol–water partition coefficient (Wildman–Crippen LogP) is 4.04. The molecule has 0 aliphatic heterocycles. The summed E-state index contributed by atoms with van der Waals surface area (Å²) >= 11 is 1.76. The first kappa shape index (κ1) is 13.7. The van der Waals surface area contributed by atoms with Gasteiger partial charge in [-0.2, -0.15) is 0 Å². The maximum absolute atomic E-state index is 10.9. The average Bonchev–Trinajstić information content (AvgIpc) is 2.45. The van der Waals surface area contributed by atoms with E-state index in [-0.39, 0.29) is 5.97 Å². The molecule has 0 unspecified atom stereocenters.